The molecular weight excluding hydrogens is 294 g/mol. The lowest BCUT2D eigenvalue weighted by atomic mass is 10.3. The minimum atomic E-state index is 0.100. The molecule has 1 heterocycles. The van der Waals surface area contributed by atoms with Crippen molar-refractivity contribution in [1.29, 1.82) is 0 Å². The van der Waals surface area contributed by atoms with Gasteiger partial charge in [-0.15, -0.1) is 0 Å². The lowest BCUT2D eigenvalue weighted by molar-refractivity contribution is 0.101. The van der Waals surface area contributed by atoms with Gasteiger partial charge in [0.1, 0.15) is 5.69 Å². The maximum atomic E-state index is 12.4. The molecule has 112 valence electrons. The van der Waals surface area contributed by atoms with Crippen molar-refractivity contribution >= 4 is 29.1 Å². The van der Waals surface area contributed by atoms with Gasteiger partial charge in [-0.05, 0) is 26.9 Å². The lowest BCUT2D eigenvalue weighted by Gasteiger charge is -2.12. The second-order valence-corrected chi connectivity index (χ2v) is 7.20. The van der Waals surface area contributed by atoms with Crippen LogP contribution in [-0.4, -0.2) is 52.1 Å². The SMILES string of the molecule is CN(C)CCn1ncc(Cl)c1C(=O)CSC1CCCC1. The molecule has 4 nitrogen and oxygen atoms in total. The van der Waals surface area contributed by atoms with Crippen LogP contribution in [0.5, 0.6) is 0 Å². The zero-order chi connectivity index (χ0) is 14.5. The van der Waals surface area contributed by atoms with Crippen molar-refractivity contribution in [2.45, 2.75) is 37.5 Å². The summed E-state index contributed by atoms with van der Waals surface area (Å²) in [7, 11) is 4.01. The summed E-state index contributed by atoms with van der Waals surface area (Å²) < 4.78 is 1.74. The van der Waals surface area contributed by atoms with Gasteiger partial charge in [-0.1, -0.05) is 24.4 Å². The summed E-state index contributed by atoms with van der Waals surface area (Å²) in [4.78, 5) is 14.4. The number of thioether (sulfide) groups is 1. The molecule has 0 atom stereocenters. The number of hydrogen-bond donors (Lipinski definition) is 0. The van der Waals surface area contributed by atoms with E-state index < -0.39 is 0 Å². The van der Waals surface area contributed by atoms with Crippen LogP contribution >= 0.6 is 23.4 Å². The number of Topliss-reactive ketones (excluding diaryl/α,β-unsaturated/α-hetero) is 1. The van der Waals surface area contributed by atoms with E-state index in [1.165, 1.54) is 25.7 Å². The first-order valence-corrected chi connectivity index (χ1v) is 8.51. The number of likely N-dealkylation sites (N-methyl/N-ethyl adjacent to an activating group) is 1. The zero-order valence-corrected chi connectivity index (χ0v) is 13.7. The van der Waals surface area contributed by atoms with E-state index in [1.807, 2.05) is 14.1 Å². The molecule has 1 aliphatic rings. The van der Waals surface area contributed by atoms with E-state index in [2.05, 4.69) is 10.00 Å². The van der Waals surface area contributed by atoms with Crippen LogP contribution in [0.4, 0.5) is 0 Å². The molecule has 0 radical (unpaired) electrons. The van der Waals surface area contributed by atoms with Crippen molar-refractivity contribution in [3.05, 3.63) is 16.9 Å². The Kier molecular flexibility index (Phi) is 5.93. The summed E-state index contributed by atoms with van der Waals surface area (Å²) in [5, 5.41) is 5.34. The first-order chi connectivity index (χ1) is 9.58. The Hall–Kier alpha value is -0.520. The van der Waals surface area contributed by atoms with E-state index in [-0.39, 0.29) is 5.78 Å². The summed E-state index contributed by atoms with van der Waals surface area (Å²) in [5.74, 6) is 0.612. The molecule has 0 unspecified atom stereocenters. The van der Waals surface area contributed by atoms with E-state index in [4.69, 9.17) is 11.6 Å². The van der Waals surface area contributed by atoms with Crippen LogP contribution in [0.25, 0.3) is 0 Å². The Morgan fingerprint density at radius 2 is 2.20 bits per heavy atom. The number of halogens is 1. The topological polar surface area (TPSA) is 38.1 Å². The predicted molar refractivity (Wildman–Crippen MR) is 84.8 cm³/mol. The second kappa shape index (κ2) is 7.48. The smallest absolute Gasteiger partial charge is 0.192 e. The van der Waals surface area contributed by atoms with Gasteiger partial charge in [0.25, 0.3) is 0 Å². The molecule has 1 aromatic heterocycles. The molecule has 20 heavy (non-hydrogen) atoms. The predicted octanol–water partition coefficient (Wildman–Crippen LogP) is 2.96. The Morgan fingerprint density at radius 1 is 1.50 bits per heavy atom. The van der Waals surface area contributed by atoms with Crippen LogP contribution in [0.3, 0.4) is 0 Å². The maximum absolute atomic E-state index is 12.4. The first-order valence-electron chi connectivity index (χ1n) is 7.08. The summed E-state index contributed by atoms with van der Waals surface area (Å²) in [6.45, 7) is 1.53. The second-order valence-electron chi connectivity index (χ2n) is 5.51. The average molecular weight is 316 g/mol. The van der Waals surface area contributed by atoms with Gasteiger partial charge in [0.15, 0.2) is 5.78 Å². The van der Waals surface area contributed by atoms with Crippen molar-refractivity contribution < 1.29 is 4.79 Å². The number of rotatable bonds is 7. The molecule has 0 bridgehead atoms. The summed E-state index contributed by atoms with van der Waals surface area (Å²) >= 11 is 7.90. The standard InChI is InChI=1S/C14H22ClN3OS/c1-17(2)7-8-18-14(12(15)9-16-18)13(19)10-20-11-5-3-4-6-11/h9,11H,3-8,10H2,1-2H3. The maximum Gasteiger partial charge on any atom is 0.192 e. The molecule has 1 fully saturated rings. The molecule has 0 aliphatic heterocycles. The van der Waals surface area contributed by atoms with Gasteiger partial charge in [-0.3, -0.25) is 9.48 Å². The third kappa shape index (κ3) is 4.24. The molecule has 0 N–H and O–H groups in total. The Bertz CT molecular complexity index is 455. The third-order valence-corrected chi connectivity index (χ3v) is 5.22. The molecular formula is C14H22ClN3OS. The number of carbonyl (C=O) groups is 1. The highest BCUT2D eigenvalue weighted by atomic mass is 35.5. The van der Waals surface area contributed by atoms with Crippen molar-refractivity contribution in [3.8, 4) is 0 Å². The van der Waals surface area contributed by atoms with Crippen molar-refractivity contribution in [3.63, 3.8) is 0 Å². The fourth-order valence-corrected chi connectivity index (χ4v) is 3.86. The van der Waals surface area contributed by atoms with Crippen molar-refractivity contribution in [2.75, 3.05) is 26.4 Å². The number of nitrogens with zero attached hydrogens (tertiary/aromatic N) is 3. The first kappa shape index (κ1) is 15.9. The molecule has 0 saturated heterocycles. The molecule has 2 rings (SSSR count). The van der Waals surface area contributed by atoms with Gasteiger partial charge in [0.05, 0.1) is 23.5 Å². The molecule has 1 aliphatic carbocycles. The van der Waals surface area contributed by atoms with Gasteiger partial charge in [0.2, 0.25) is 0 Å². The summed E-state index contributed by atoms with van der Waals surface area (Å²) in [6, 6.07) is 0. The van der Waals surface area contributed by atoms with Crippen LogP contribution in [0, 0.1) is 0 Å². The van der Waals surface area contributed by atoms with E-state index in [0.717, 1.165) is 6.54 Å². The quantitative estimate of drug-likeness (QED) is 0.725. The van der Waals surface area contributed by atoms with E-state index in [0.29, 0.717) is 28.3 Å². The molecule has 0 spiro atoms. The highest BCUT2D eigenvalue weighted by molar-refractivity contribution is 8.00. The van der Waals surface area contributed by atoms with Gasteiger partial charge < -0.3 is 4.90 Å². The van der Waals surface area contributed by atoms with Crippen LogP contribution in [0.2, 0.25) is 5.02 Å². The largest absolute Gasteiger partial charge is 0.308 e. The van der Waals surface area contributed by atoms with Crippen LogP contribution < -0.4 is 0 Å². The molecule has 6 heteroatoms. The fourth-order valence-electron chi connectivity index (χ4n) is 2.42. The van der Waals surface area contributed by atoms with E-state index in [9.17, 15) is 4.79 Å². The normalized spacial score (nSPS) is 16.2. The van der Waals surface area contributed by atoms with Gasteiger partial charge >= 0.3 is 0 Å². The highest BCUT2D eigenvalue weighted by Crippen LogP contribution is 2.30. The Morgan fingerprint density at radius 3 is 2.85 bits per heavy atom. The number of ketones is 1. The zero-order valence-electron chi connectivity index (χ0n) is 12.1. The third-order valence-electron chi connectivity index (χ3n) is 3.57. The Balaban J connectivity index is 1.95. The summed E-state index contributed by atoms with van der Waals surface area (Å²) in [6.07, 6.45) is 6.66. The molecule has 0 aromatic carbocycles. The van der Waals surface area contributed by atoms with Crippen LogP contribution in [0.15, 0.2) is 6.20 Å². The molecule has 1 aromatic rings. The number of hydrogen-bond acceptors (Lipinski definition) is 4. The van der Waals surface area contributed by atoms with Crippen LogP contribution in [0.1, 0.15) is 36.2 Å². The molecule has 0 amide bonds. The fraction of sp³-hybridized carbons (Fsp3) is 0.714. The van der Waals surface area contributed by atoms with Gasteiger partial charge in [0, 0.05) is 11.8 Å². The monoisotopic (exact) mass is 315 g/mol. The minimum Gasteiger partial charge on any atom is -0.308 e. The van der Waals surface area contributed by atoms with E-state index >= 15 is 0 Å². The van der Waals surface area contributed by atoms with Crippen molar-refractivity contribution in [2.24, 2.45) is 0 Å². The van der Waals surface area contributed by atoms with Crippen LogP contribution in [-0.2, 0) is 6.54 Å². The van der Waals surface area contributed by atoms with E-state index in [1.54, 1.807) is 22.6 Å². The minimum absolute atomic E-state index is 0.100. The number of carbonyl (C=O) groups excluding carboxylic acids is 1. The van der Waals surface area contributed by atoms with Gasteiger partial charge in [-0.25, -0.2) is 0 Å². The molecule has 1 saturated carbocycles. The Labute approximate surface area is 129 Å². The lowest BCUT2D eigenvalue weighted by Crippen LogP contribution is -2.22. The number of aromatic nitrogens is 2. The van der Waals surface area contributed by atoms with Gasteiger partial charge in [-0.2, -0.15) is 16.9 Å². The van der Waals surface area contributed by atoms with Crippen molar-refractivity contribution in [1.82, 2.24) is 14.7 Å². The highest BCUT2D eigenvalue weighted by Gasteiger charge is 2.21. The summed E-state index contributed by atoms with van der Waals surface area (Å²) in [5.41, 5.74) is 0.569. The average Bonchev–Trinajstić information content (AvgIpc) is 3.03.